The second-order valence-corrected chi connectivity index (χ2v) is 7.50. The van der Waals surface area contributed by atoms with Crippen LogP contribution in [0.5, 0.6) is 5.75 Å². The highest BCUT2D eigenvalue weighted by Gasteiger charge is 2.17. The molecule has 2 aromatic rings. The van der Waals surface area contributed by atoms with E-state index in [-0.39, 0.29) is 23.7 Å². The van der Waals surface area contributed by atoms with Gasteiger partial charge in [0.15, 0.2) is 0 Å². The molecule has 0 aliphatic carbocycles. The Balaban J connectivity index is 2.01. The van der Waals surface area contributed by atoms with Gasteiger partial charge in [0.2, 0.25) is 11.8 Å². The number of benzene rings is 2. The summed E-state index contributed by atoms with van der Waals surface area (Å²) in [5.74, 6) is 0.436. The van der Waals surface area contributed by atoms with Crippen LogP contribution >= 0.6 is 0 Å². The summed E-state index contributed by atoms with van der Waals surface area (Å²) in [5, 5.41) is 2.83. The Morgan fingerprint density at radius 2 is 1.74 bits per heavy atom. The zero-order valence-electron chi connectivity index (χ0n) is 16.7. The van der Waals surface area contributed by atoms with Crippen LogP contribution in [-0.2, 0) is 15.0 Å². The summed E-state index contributed by atoms with van der Waals surface area (Å²) in [4.78, 5) is 25.9. The number of rotatable bonds is 6. The Hall–Kier alpha value is -2.82. The van der Waals surface area contributed by atoms with Crippen LogP contribution in [0, 0.1) is 0 Å². The normalized spacial score (nSPS) is 11.0. The minimum Gasteiger partial charge on any atom is -0.497 e. The first-order valence-electron chi connectivity index (χ1n) is 9.03. The largest absolute Gasteiger partial charge is 0.497 e. The van der Waals surface area contributed by atoms with Gasteiger partial charge in [-0.05, 0) is 35.2 Å². The van der Waals surface area contributed by atoms with Crippen molar-refractivity contribution in [3.63, 3.8) is 0 Å². The topological polar surface area (TPSA) is 58.6 Å². The first-order valence-corrected chi connectivity index (χ1v) is 9.03. The van der Waals surface area contributed by atoms with E-state index in [1.54, 1.807) is 24.1 Å². The van der Waals surface area contributed by atoms with Crippen molar-refractivity contribution in [2.24, 2.45) is 0 Å². The van der Waals surface area contributed by atoms with E-state index in [0.29, 0.717) is 18.0 Å². The molecule has 5 nitrogen and oxygen atoms in total. The predicted molar refractivity (Wildman–Crippen MR) is 109 cm³/mol. The van der Waals surface area contributed by atoms with E-state index >= 15 is 0 Å². The van der Waals surface area contributed by atoms with Gasteiger partial charge >= 0.3 is 0 Å². The lowest BCUT2D eigenvalue weighted by Gasteiger charge is -2.23. The number of nitrogens with zero attached hydrogens (tertiary/aromatic N) is 1. The molecule has 0 aliphatic rings. The Bertz CT molecular complexity index is 792. The molecule has 2 aromatic carbocycles. The maximum atomic E-state index is 12.3. The highest BCUT2D eigenvalue weighted by Crippen LogP contribution is 2.25. The summed E-state index contributed by atoms with van der Waals surface area (Å²) < 4.78 is 5.15. The average molecular weight is 368 g/mol. The molecule has 0 radical (unpaired) electrons. The molecule has 0 heterocycles. The van der Waals surface area contributed by atoms with E-state index in [0.717, 1.165) is 5.69 Å². The highest BCUT2D eigenvalue weighted by molar-refractivity contribution is 5.94. The van der Waals surface area contributed by atoms with Gasteiger partial charge in [-0.1, -0.05) is 39.0 Å². The molecule has 2 rings (SSSR count). The lowest BCUT2D eigenvalue weighted by atomic mass is 9.87. The van der Waals surface area contributed by atoms with Crippen molar-refractivity contribution < 1.29 is 14.3 Å². The van der Waals surface area contributed by atoms with Crippen LogP contribution in [0.3, 0.4) is 0 Å². The molecule has 2 amide bonds. The van der Waals surface area contributed by atoms with E-state index in [9.17, 15) is 9.59 Å². The van der Waals surface area contributed by atoms with E-state index in [2.05, 4.69) is 26.1 Å². The average Bonchev–Trinajstić information content (AvgIpc) is 2.61. The quantitative estimate of drug-likeness (QED) is 0.823. The summed E-state index contributed by atoms with van der Waals surface area (Å²) in [6.45, 7) is 8.27. The molecule has 0 saturated carbocycles. The number of anilines is 2. The SMILES string of the molecule is COc1cccc(NC(=O)CCN(C(C)=O)c2ccc(C(C)(C)C)cc2)c1. The van der Waals surface area contributed by atoms with Gasteiger partial charge in [0.25, 0.3) is 0 Å². The second kappa shape index (κ2) is 8.71. The van der Waals surface area contributed by atoms with Crippen molar-refractivity contribution in [2.75, 3.05) is 23.9 Å². The van der Waals surface area contributed by atoms with Crippen molar-refractivity contribution in [2.45, 2.75) is 39.5 Å². The molecule has 0 saturated heterocycles. The number of hydrogen-bond acceptors (Lipinski definition) is 3. The molecular weight excluding hydrogens is 340 g/mol. The highest BCUT2D eigenvalue weighted by atomic mass is 16.5. The van der Waals surface area contributed by atoms with Crippen molar-refractivity contribution in [3.8, 4) is 5.75 Å². The fourth-order valence-electron chi connectivity index (χ4n) is 2.75. The van der Waals surface area contributed by atoms with Crippen LogP contribution in [0.2, 0.25) is 0 Å². The summed E-state index contributed by atoms with van der Waals surface area (Å²) in [6.07, 6.45) is 0.206. The predicted octanol–water partition coefficient (Wildman–Crippen LogP) is 4.37. The van der Waals surface area contributed by atoms with Gasteiger partial charge in [-0.2, -0.15) is 0 Å². The van der Waals surface area contributed by atoms with Crippen LogP contribution in [0.4, 0.5) is 11.4 Å². The van der Waals surface area contributed by atoms with Crippen molar-refractivity contribution in [3.05, 3.63) is 54.1 Å². The maximum Gasteiger partial charge on any atom is 0.226 e. The number of nitrogens with one attached hydrogen (secondary N) is 1. The molecule has 1 N–H and O–H groups in total. The van der Waals surface area contributed by atoms with Crippen LogP contribution in [0.25, 0.3) is 0 Å². The number of amides is 2. The smallest absolute Gasteiger partial charge is 0.226 e. The fraction of sp³-hybridized carbons (Fsp3) is 0.364. The molecular formula is C22H28N2O3. The van der Waals surface area contributed by atoms with Crippen LogP contribution in [-0.4, -0.2) is 25.5 Å². The maximum absolute atomic E-state index is 12.3. The van der Waals surface area contributed by atoms with Gasteiger partial charge in [-0.25, -0.2) is 0 Å². The number of hydrogen-bond donors (Lipinski definition) is 1. The first kappa shape index (κ1) is 20.5. The zero-order chi connectivity index (χ0) is 20.0. The van der Waals surface area contributed by atoms with Gasteiger partial charge in [0.1, 0.15) is 5.75 Å². The van der Waals surface area contributed by atoms with Gasteiger partial charge < -0.3 is 15.0 Å². The molecule has 0 fully saturated rings. The van der Waals surface area contributed by atoms with Crippen LogP contribution in [0.1, 0.15) is 39.7 Å². The molecule has 144 valence electrons. The summed E-state index contributed by atoms with van der Waals surface area (Å²) in [7, 11) is 1.58. The molecule has 0 aromatic heterocycles. The standard InChI is InChI=1S/C22H28N2O3/c1-16(25)24(19-11-9-17(10-12-19)22(2,3)4)14-13-21(26)23-18-7-6-8-20(15-18)27-5/h6-12,15H,13-14H2,1-5H3,(H,23,26). The Morgan fingerprint density at radius 3 is 2.30 bits per heavy atom. The van der Waals surface area contributed by atoms with Gasteiger partial charge in [-0.15, -0.1) is 0 Å². The molecule has 0 aliphatic heterocycles. The summed E-state index contributed by atoms with van der Waals surface area (Å²) >= 11 is 0. The molecule has 5 heteroatoms. The molecule has 27 heavy (non-hydrogen) atoms. The Labute approximate surface area is 161 Å². The van der Waals surface area contributed by atoms with E-state index < -0.39 is 0 Å². The Kier molecular flexibility index (Phi) is 6.61. The monoisotopic (exact) mass is 368 g/mol. The molecule has 0 spiro atoms. The number of methoxy groups -OCH3 is 1. The summed E-state index contributed by atoms with van der Waals surface area (Å²) in [6, 6.07) is 15.1. The Morgan fingerprint density at radius 1 is 1.07 bits per heavy atom. The number of ether oxygens (including phenoxy) is 1. The van der Waals surface area contributed by atoms with Crippen LogP contribution in [0.15, 0.2) is 48.5 Å². The number of carbonyl (C=O) groups excluding carboxylic acids is 2. The summed E-state index contributed by atoms with van der Waals surface area (Å²) in [5.41, 5.74) is 2.72. The molecule has 0 bridgehead atoms. The van der Waals surface area contributed by atoms with Gasteiger partial charge in [0.05, 0.1) is 7.11 Å². The van der Waals surface area contributed by atoms with E-state index in [4.69, 9.17) is 4.74 Å². The molecule has 0 unspecified atom stereocenters. The third kappa shape index (κ3) is 5.84. The van der Waals surface area contributed by atoms with Crippen molar-refractivity contribution >= 4 is 23.2 Å². The van der Waals surface area contributed by atoms with Gasteiger partial charge in [0, 0.05) is 37.3 Å². The van der Waals surface area contributed by atoms with Crippen LogP contribution < -0.4 is 15.0 Å². The molecule has 0 atom stereocenters. The third-order valence-electron chi connectivity index (χ3n) is 4.34. The minimum absolute atomic E-state index is 0.0518. The second-order valence-electron chi connectivity index (χ2n) is 7.50. The van der Waals surface area contributed by atoms with Crippen molar-refractivity contribution in [1.82, 2.24) is 0 Å². The van der Waals surface area contributed by atoms with E-state index in [1.165, 1.54) is 12.5 Å². The first-order chi connectivity index (χ1) is 12.7. The zero-order valence-corrected chi connectivity index (χ0v) is 16.7. The lowest BCUT2D eigenvalue weighted by molar-refractivity contribution is -0.117. The van der Waals surface area contributed by atoms with Gasteiger partial charge in [-0.3, -0.25) is 9.59 Å². The fourth-order valence-corrected chi connectivity index (χ4v) is 2.75. The lowest BCUT2D eigenvalue weighted by Crippen LogP contribution is -2.32. The van der Waals surface area contributed by atoms with E-state index in [1.807, 2.05) is 36.4 Å². The minimum atomic E-state index is -0.152. The third-order valence-corrected chi connectivity index (χ3v) is 4.34. The van der Waals surface area contributed by atoms with Crippen molar-refractivity contribution in [1.29, 1.82) is 0 Å². The number of carbonyl (C=O) groups is 2.